The molecule has 21 heavy (non-hydrogen) atoms. The fourth-order valence-corrected chi connectivity index (χ4v) is 2.28. The lowest BCUT2D eigenvalue weighted by Crippen LogP contribution is -2.52. The van der Waals surface area contributed by atoms with Gasteiger partial charge < -0.3 is 10.1 Å². The van der Waals surface area contributed by atoms with Gasteiger partial charge in [-0.1, -0.05) is 12.1 Å². The van der Waals surface area contributed by atoms with Crippen molar-refractivity contribution in [3.05, 3.63) is 39.7 Å². The Labute approximate surface area is 120 Å². The van der Waals surface area contributed by atoms with Crippen molar-refractivity contribution < 1.29 is 18.8 Å². The summed E-state index contributed by atoms with van der Waals surface area (Å²) >= 11 is 0. The SMILES string of the molecule is CNC(=O)C1COCCN1Cc1cccc([N+](=O)[O-])c1F. The molecule has 1 aromatic carbocycles. The normalized spacial score (nSPS) is 19.2. The molecule has 1 aliphatic heterocycles. The molecule has 0 aromatic heterocycles. The lowest BCUT2D eigenvalue weighted by Gasteiger charge is -2.34. The van der Waals surface area contributed by atoms with Gasteiger partial charge in [0.05, 0.1) is 18.1 Å². The van der Waals surface area contributed by atoms with Crippen LogP contribution in [0.4, 0.5) is 10.1 Å². The Bertz CT molecular complexity index is 552. The van der Waals surface area contributed by atoms with Gasteiger partial charge in [0, 0.05) is 31.8 Å². The number of morpholine rings is 1. The summed E-state index contributed by atoms with van der Waals surface area (Å²) in [5.41, 5.74) is -0.364. The highest BCUT2D eigenvalue weighted by atomic mass is 19.1. The van der Waals surface area contributed by atoms with Crippen LogP contribution in [-0.2, 0) is 16.1 Å². The second-order valence-electron chi connectivity index (χ2n) is 4.68. The number of ether oxygens (including phenoxy) is 1. The smallest absolute Gasteiger partial charge is 0.305 e. The number of nitrogens with zero attached hydrogens (tertiary/aromatic N) is 2. The third-order valence-electron chi connectivity index (χ3n) is 3.42. The van der Waals surface area contributed by atoms with Gasteiger partial charge in [0.2, 0.25) is 11.7 Å². The zero-order chi connectivity index (χ0) is 15.4. The zero-order valence-electron chi connectivity index (χ0n) is 11.5. The fraction of sp³-hybridized carbons (Fsp3) is 0.462. The van der Waals surface area contributed by atoms with E-state index in [-0.39, 0.29) is 24.6 Å². The number of nitro groups is 1. The van der Waals surface area contributed by atoms with E-state index in [0.29, 0.717) is 13.2 Å². The Kier molecular flexibility index (Phi) is 4.81. The number of carbonyl (C=O) groups excluding carboxylic acids is 1. The molecule has 7 nitrogen and oxygen atoms in total. The van der Waals surface area contributed by atoms with Crippen molar-refractivity contribution in [1.29, 1.82) is 0 Å². The maximum absolute atomic E-state index is 14.1. The largest absolute Gasteiger partial charge is 0.378 e. The van der Waals surface area contributed by atoms with E-state index in [2.05, 4.69) is 5.32 Å². The predicted molar refractivity (Wildman–Crippen MR) is 72.1 cm³/mol. The minimum absolute atomic E-state index is 0.120. The van der Waals surface area contributed by atoms with Crippen molar-refractivity contribution >= 4 is 11.6 Å². The molecule has 0 aliphatic carbocycles. The van der Waals surface area contributed by atoms with Crippen LogP contribution in [0, 0.1) is 15.9 Å². The summed E-state index contributed by atoms with van der Waals surface area (Å²) in [7, 11) is 1.52. The Morgan fingerprint density at radius 3 is 3.05 bits per heavy atom. The molecule has 114 valence electrons. The van der Waals surface area contributed by atoms with Crippen LogP contribution in [0.25, 0.3) is 0 Å². The summed E-state index contributed by atoms with van der Waals surface area (Å²) in [5.74, 6) is -1.08. The summed E-state index contributed by atoms with van der Waals surface area (Å²) in [5, 5.41) is 13.3. The van der Waals surface area contributed by atoms with Gasteiger partial charge in [-0.05, 0) is 0 Å². The van der Waals surface area contributed by atoms with Crippen LogP contribution < -0.4 is 5.32 Å². The highest BCUT2D eigenvalue weighted by Gasteiger charge is 2.30. The average molecular weight is 297 g/mol. The molecule has 0 saturated carbocycles. The van der Waals surface area contributed by atoms with Crippen molar-refractivity contribution in [2.45, 2.75) is 12.6 Å². The molecule has 8 heteroatoms. The number of nitro benzene ring substituents is 1. The molecule has 2 rings (SSSR count). The van der Waals surface area contributed by atoms with E-state index in [0.717, 1.165) is 6.07 Å². The second kappa shape index (κ2) is 6.59. The topological polar surface area (TPSA) is 84.7 Å². The van der Waals surface area contributed by atoms with Gasteiger partial charge in [0.1, 0.15) is 6.04 Å². The van der Waals surface area contributed by atoms with Gasteiger partial charge in [-0.2, -0.15) is 4.39 Å². The zero-order valence-corrected chi connectivity index (χ0v) is 11.5. The van der Waals surface area contributed by atoms with Crippen LogP contribution in [-0.4, -0.2) is 48.6 Å². The molecular weight excluding hydrogens is 281 g/mol. The summed E-state index contributed by atoms with van der Waals surface area (Å²) in [6.07, 6.45) is 0. The Morgan fingerprint density at radius 2 is 2.38 bits per heavy atom. The highest BCUT2D eigenvalue weighted by Crippen LogP contribution is 2.22. The molecule has 1 fully saturated rings. The van der Waals surface area contributed by atoms with Gasteiger partial charge in [-0.15, -0.1) is 0 Å². The minimum Gasteiger partial charge on any atom is -0.378 e. The molecule has 1 saturated heterocycles. The van der Waals surface area contributed by atoms with E-state index in [4.69, 9.17) is 4.74 Å². The molecule has 1 aliphatic rings. The van der Waals surface area contributed by atoms with E-state index < -0.39 is 22.5 Å². The van der Waals surface area contributed by atoms with E-state index >= 15 is 0 Å². The first-order valence-electron chi connectivity index (χ1n) is 6.49. The Hall–Kier alpha value is -2.06. The van der Waals surface area contributed by atoms with E-state index in [1.54, 1.807) is 4.90 Å². The number of hydrogen-bond acceptors (Lipinski definition) is 5. The Balaban J connectivity index is 2.21. The monoisotopic (exact) mass is 297 g/mol. The molecule has 1 atom stereocenters. The third kappa shape index (κ3) is 3.34. The van der Waals surface area contributed by atoms with Crippen LogP contribution in [0.5, 0.6) is 0 Å². The summed E-state index contributed by atoms with van der Waals surface area (Å²) in [6, 6.07) is 3.52. The van der Waals surface area contributed by atoms with Crippen molar-refractivity contribution in [3.63, 3.8) is 0 Å². The highest BCUT2D eigenvalue weighted by molar-refractivity contribution is 5.81. The fourth-order valence-electron chi connectivity index (χ4n) is 2.28. The van der Waals surface area contributed by atoms with Crippen LogP contribution in [0.2, 0.25) is 0 Å². The molecule has 1 aromatic rings. The molecule has 1 N–H and O–H groups in total. The number of halogens is 1. The third-order valence-corrected chi connectivity index (χ3v) is 3.42. The van der Waals surface area contributed by atoms with Crippen LogP contribution >= 0.6 is 0 Å². The van der Waals surface area contributed by atoms with Gasteiger partial charge in [0.25, 0.3) is 0 Å². The molecule has 1 unspecified atom stereocenters. The first-order valence-corrected chi connectivity index (χ1v) is 6.49. The van der Waals surface area contributed by atoms with Crippen molar-refractivity contribution in [2.75, 3.05) is 26.8 Å². The summed E-state index contributed by atoms with van der Waals surface area (Å²) in [4.78, 5) is 23.5. The van der Waals surface area contributed by atoms with Crippen LogP contribution in [0.3, 0.4) is 0 Å². The van der Waals surface area contributed by atoms with Crippen molar-refractivity contribution in [3.8, 4) is 0 Å². The van der Waals surface area contributed by atoms with Crippen molar-refractivity contribution in [1.82, 2.24) is 10.2 Å². The summed E-state index contributed by atoms with van der Waals surface area (Å²) in [6.45, 7) is 1.23. The molecule has 0 spiro atoms. The maximum Gasteiger partial charge on any atom is 0.305 e. The number of hydrogen-bond donors (Lipinski definition) is 1. The minimum atomic E-state index is -0.857. The molecule has 0 bridgehead atoms. The number of nitrogens with one attached hydrogen (secondary N) is 1. The number of benzene rings is 1. The molecular formula is C13H16FN3O4. The van der Waals surface area contributed by atoms with Gasteiger partial charge >= 0.3 is 5.69 Å². The Morgan fingerprint density at radius 1 is 1.62 bits per heavy atom. The molecule has 1 heterocycles. The van der Waals surface area contributed by atoms with Crippen LogP contribution in [0.15, 0.2) is 18.2 Å². The predicted octanol–water partition coefficient (Wildman–Crippen LogP) is 0.681. The van der Waals surface area contributed by atoms with E-state index in [1.165, 1.54) is 19.2 Å². The van der Waals surface area contributed by atoms with Crippen molar-refractivity contribution in [2.24, 2.45) is 0 Å². The number of rotatable bonds is 4. The van der Waals surface area contributed by atoms with E-state index in [9.17, 15) is 19.3 Å². The molecule has 1 amide bonds. The number of amides is 1. The lowest BCUT2D eigenvalue weighted by molar-refractivity contribution is -0.387. The van der Waals surface area contributed by atoms with Gasteiger partial charge in [-0.3, -0.25) is 19.8 Å². The van der Waals surface area contributed by atoms with Gasteiger partial charge in [-0.25, -0.2) is 0 Å². The second-order valence-corrected chi connectivity index (χ2v) is 4.68. The maximum atomic E-state index is 14.1. The quantitative estimate of drug-likeness (QED) is 0.652. The number of likely N-dealkylation sites (N-methyl/N-ethyl adjacent to an activating group) is 1. The number of carbonyl (C=O) groups is 1. The van der Waals surface area contributed by atoms with Gasteiger partial charge in [0.15, 0.2) is 0 Å². The average Bonchev–Trinajstić information content (AvgIpc) is 2.49. The summed E-state index contributed by atoms with van der Waals surface area (Å²) < 4.78 is 19.3. The first-order chi connectivity index (χ1) is 10.0. The molecule has 0 radical (unpaired) electrons. The lowest BCUT2D eigenvalue weighted by atomic mass is 10.1. The van der Waals surface area contributed by atoms with E-state index in [1.807, 2.05) is 0 Å². The van der Waals surface area contributed by atoms with Crippen LogP contribution in [0.1, 0.15) is 5.56 Å². The standard InChI is InChI=1S/C13H16FN3O4/c1-15-13(18)11-8-21-6-5-16(11)7-9-3-2-4-10(12(9)14)17(19)20/h2-4,11H,5-8H2,1H3,(H,15,18). The first kappa shape index (κ1) is 15.3.